The van der Waals surface area contributed by atoms with Crippen molar-refractivity contribution in [3.8, 4) is 0 Å². The van der Waals surface area contributed by atoms with Crippen molar-refractivity contribution in [1.29, 1.82) is 0 Å². The molecule has 0 aromatic carbocycles. The average molecular weight is 318 g/mol. The van der Waals surface area contributed by atoms with Gasteiger partial charge in [0.1, 0.15) is 0 Å². The fourth-order valence-electron chi connectivity index (χ4n) is 0.999. The van der Waals surface area contributed by atoms with Crippen molar-refractivity contribution in [3.05, 3.63) is 31.7 Å². The molecule has 0 heterocycles. The topological polar surface area (TPSA) is 0 Å². The maximum absolute atomic E-state index is 3.36. The van der Waals surface area contributed by atoms with Crippen LogP contribution in [0.4, 0.5) is 0 Å². The van der Waals surface area contributed by atoms with Gasteiger partial charge >= 0.3 is 0 Å². The van der Waals surface area contributed by atoms with Gasteiger partial charge in [-0.1, -0.05) is 17.7 Å². The molecule has 0 saturated carbocycles. The number of rotatable bonds is 0. The molecule has 0 spiro atoms. The molecule has 0 N–H and O–H groups in total. The Labute approximate surface area is 108 Å². The SMILES string of the molecule is C=CC.CC1=CCCCC1.[CH3-].[Ho]. The molecule has 77 valence electrons. The van der Waals surface area contributed by atoms with Crippen molar-refractivity contribution in [2.24, 2.45) is 0 Å². The van der Waals surface area contributed by atoms with E-state index in [9.17, 15) is 0 Å². The molecule has 0 saturated heterocycles. The summed E-state index contributed by atoms with van der Waals surface area (Å²) >= 11 is 0. The second kappa shape index (κ2) is 14.3. The van der Waals surface area contributed by atoms with Crippen molar-refractivity contribution in [3.63, 3.8) is 0 Å². The van der Waals surface area contributed by atoms with E-state index in [1.165, 1.54) is 25.7 Å². The normalized spacial score (nSPS) is 13.7. The van der Waals surface area contributed by atoms with Crippen LogP contribution in [-0.2, 0) is 0 Å². The average Bonchev–Trinajstić information content (AvgIpc) is 1.91. The molecular formula is C11H21Ho-. The monoisotopic (exact) mass is 318 g/mol. The molecule has 0 fully saturated rings. The predicted octanol–water partition coefficient (Wildman–Crippen LogP) is 4.15. The summed E-state index contributed by atoms with van der Waals surface area (Å²) in [6.45, 7) is 7.47. The summed E-state index contributed by atoms with van der Waals surface area (Å²) in [6, 6.07) is 0. The van der Waals surface area contributed by atoms with Crippen LogP contribution in [0.15, 0.2) is 24.3 Å². The summed E-state index contributed by atoms with van der Waals surface area (Å²) in [6.07, 6.45) is 9.61. The molecule has 12 heavy (non-hydrogen) atoms. The van der Waals surface area contributed by atoms with Gasteiger partial charge in [-0.05, 0) is 39.5 Å². The van der Waals surface area contributed by atoms with Gasteiger partial charge < -0.3 is 7.43 Å². The summed E-state index contributed by atoms with van der Waals surface area (Å²) in [5.41, 5.74) is 1.59. The molecule has 1 heteroatoms. The summed E-state index contributed by atoms with van der Waals surface area (Å²) in [7, 11) is 0. The molecule has 1 aliphatic rings. The van der Waals surface area contributed by atoms with Crippen LogP contribution in [0.2, 0.25) is 0 Å². The Morgan fingerprint density at radius 2 is 1.92 bits per heavy atom. The van der Waals surface area contributed by atoms with Crippen LogP contribution >= 0.6 is 0 Å². The third-order valence-electron chi connectivity index (χ3n) is 1.52. The molecule has 1 aliphatic carbocycles. The smallest absolute Gasteiger partial charge is 0 e. The summed E-state index contributed by atoms with van der Waals surface area (Å²) in [5.74, 6) is 0. The number of hydrogen-bond acceptors (Lipinski definition) is 0. The maximum atomic E-state index is 3.36. The molecule has 0 nitrogen and oxygen atoms in total. The molecule has 1 radical (unpaired) electrons. The largest absolute Gasteiger partial charge is 0.358 e. The van der Waals surface area contributed by atoms with Gasteiger partial charge in [-0.2, -0.15) is 0 Å². The third kappa shape index (κ3) is 13.3. The first-order chi connectivity index (χ1) is 4.81. The van der Waals surface area contributed by atoms with E-state index in [0.717, 1.165) is 0 Å². The molecule has 0 unspecified atom stereocenters. The van der Waals surface area contributed by atoms with Crippen molar-refractivity contribution >= 4 is 0 Å². The zero-order valence-corrected chi connectivity index (χ0v) is 10.4. The van der Waals surface area contributed by atoms with E-state index in [2.05, 4.69) is 19.6 Å². The molecule has 0 aromatic heterocycles. The molecule has 1 rings (SSSR count). The van der Waals surface area contributed by atoms with E-state index >= 15 is 0 Å². The zero-order chi connectivity index (χ0) is 7.82. The molecule has 0 atom stereocenters. The van der Waals surface area contributed by atoms with Crippen LogP contribution in [0.5, 0.6) is 0 Å². The first kappa shape index (κ1) is 18.5. The summed E-state index contributed by atoms with van der Waals surface area (Å²) < 4.78 is 0. The third-order valence-corrected chi connectivity index (χ3v) is 1.52. The van der Waals surface area contributed by atoms with Gasteiger partial charge in [0.25, 0.3) is 0 Å². The van der Waals surface area contributed by atoms with Crippen LogP contribution in [0.1, 0.15) is 39.5 Å². The molecule has 0 amide bonds. The van der Waals surface area contributed by atoms with Crippen LogP contribution in [-0.4, -0.2) is 0 Å². The van der Waals surface area contributed by atoms with Crippen molar-refractivity contribution < 1.29 is 37.7 Å². The van der Waals surface area contributed by atoms with E-state index in [1.54, 1.807) is 11.6 Å². The first-order valence-corrected chi connectivity index (χ1v) is 4.04. The van der Waals surface area contributed by atoms with Crippen LogP contribution in [0.3, 0.4) is 0 Å². The second-order valence-corrected chi connectivity index (χ2v) is 2.70. The van der Waals surface area contributed by atoms with Crippen molar-refractivity contribution in [1.82, 2.24) is 0 Å². The maximum Gasteiger partial charge on any atom is 0 e. The Morgan fingerprint density at radius 1 is 1.42 bits per heavy atom. The van der Waals surface area contributed by atoms with Gasteiger partial charge in [0.2, 0.25) is 0 Å². The minimum atomic E-state index is 0. The van der Waals surface area contributed by atoms with Crippen LogP contribution in [0, 0.1) is 45.2 Å². The Balaban J connectivity index is -0.000000146. The summed E-state index contributed by atoms with van der Waals surface area (Å²) in [4.78, 5) is 0. The van der Waals surface area contributed by atoms with Crippen LogP contribution in [0.25, 0.3) is 0 Å². The number of allylic oxidation sites excluding steroid dienone is 3. The van der Waals surface area contributed by atoms with Crippen LogP contribution < -0.4 is 0 Å². The zero-order valence-electron chi connectivity index (χ0n) is 8.49. The fraction of sp³-hybridized carbons (Fsp3) is 0.545. The minimum absolute atomic E-state index is 0. The quantitative estimate of drug-likeness (QED) is 0.358. The van der Waals surface area contributed by atoms with E-state index in [-0.39, 0.29) is 45.2 Å². The molecular weight excluding hydrogens is 297 g/mol. The molecule has 0 bridgehead atoms. The van der Waals surface area contributed by atoms with E-state index < -0.39 is 0 Å². The standard InChI is InChI=1S/C7H12.C3H6.CH3.Ho/c1-7-5-3-2-4-6-7;1-3-2;;/h5H,2-4,6H2,1H3;3H,1H2,2H3;1H3;/q;;-1;. The Bertz CT molecular complexity index is 114. The van der Waals surface area contributed by atoms with Crippen molar-refractivity contribution in [2.45, 2.75) is 39.5 Å². The van der Waals surface area contributed by atoms with Gasteiger partial charge in [-0.15, -0.1) is 6.58 Å². The van der Waals surface area contributed by atoms with Crippen molar-refractivity contribution in [2.75, 3.05) is 0 Å². The molecule has 0 aliphatic heterocycles. The Kier molecular flexibility index (Phi) is 22.0. The van der Waals surface area contributed by atoms with E-state index in [1.807, 2.05) is 6.92 Å². The van der Waals surface area contributed by atoms with E-state index in [4.69, 9.17) is 0 Å². The Morgan fingerprint density at radius 3 is 2.08 bits per heavy atom. The van der Waals surface area contributed by atoms with Gasteiger partial charge in [-0.25, -0.2) is 0 Å². The first-order valence-electron chi connectivity index (χ1n) is 4.04. The number of hydrogen-bond donors (Lipinski definition) is 0. The van der Waals surface area contributed by atoms with Gasteiger partial charge in [0, 0.05) is 37.7 Å². The van der Waals surface area contributed by atoms with E-state index in [0.29, 0.717) is 0 Å². The predicted molar refractivity (Wildman–Crippen MR) is 54.5 cm³/mol. The Hall–Kier alpha value is 0.740. The van der Waals surface area contributed by atoms with Gasteiger partial charge in [-0.3, -0.25) is 0 Å². The second-order valence-electron chi connectivity index (χ2n) is 2.70. The summed E-state index contributed by atoms with van der Waals surface area (Å²) in [5, 5.41) is 0. The fourth-order valence-corrected chi connectivity index (χ4v) is 0.999. The minimum Gasteiger partial charge on any atom is -0.358 e. The van der Waals surface area contributed by atoms with Gasteiger partial charge in [0.15, 0.2) is 0 Å². The molecule has 0 aromatic rings. The van der Waals surface area contributed by atoms with Gasteiger partial charge in [0.05, 0.1) is 0 Å².